The molecule has 0 atom stereocenters. The Kier molecular flexibility index (Phi) is 3.19. The van der Waals surface area contributed by atoms with E-state index in [1.807, 2.05) is 6.92 Å². The van der Waals surface area contributed by atoms with Gasteiger partial charge in [0.1, 0.15) is 11.5 Å². The van der Waals surface area contributed by atoms with Crippen molar-refractivity contribution >= 4 is 17.6 Å². The van der Waals surface area contributed by atoms with Gasteiger partial charge in [0, 0.05) is 17.8 Å². The van der Waals surface area contributed by atoms with Gasteiger partial charge in [0.15, 0.2) is 6.21 Å². The predicted octanol–water partition coefficient (Wildman–Crippen LogP) is 0.820. The lowest BCUT2D eigenvalue weighted by Gasteiger charge is -2.03. The van der Waals surface area contributed by atoms with Gasteiger partial charge in [-0.1, -0.05) is 0 Å². The number of anilines is 1. The number of aromatic hydroxyl groups is 2. The molecule has 0 heterocycles. The molecule has 2 aromatic carbocycles. The maximum absolute atomic E-state index is 9.52. The van der Waals surface area contributed by atoms with Crippen LogP contribution in [0.25, 0.3) is 0 Å². The van der Waals surface area contributed by atoms with Crippen LogP contribution in [0.15, 0.2) is 36.4 Å². The van der Waals surface area contributed by atoms with Crippen LogP contribution < -0.4 is 10.7 Å². The summed E-state index contributed by atoms with van der Waals surface area (Å²) in [7, 11) is 0. The minimum atomic E-state index is 0.181. The topological polar surface area (TPSA) is 80.5 Å². The number of hydrogen-bond acceptors (Lipinski definition) is 3. The van der Waals surface area contributed by atoms with E-state index in [2.05, 4.69) is 4.99 Å². The van der Waals surface area contributed by atoms with E-state index in [0.29, 0.717) is 5.69 Å². The van der Waals surface area contributed by atoms with Crippen LogP contribution in [0.3, 0.4) is 0 Å². The lowest BCUT2D eigenvalue weighted by Crippen LogP contribution is -2.61. The second-order valence-corrected chi connectivity index (χ2v) is 4.10. The maximum atomic E-state index is 9.52. The van der Waals surface area contributed by atoms with E-state index < -0.39 is 0 Å². The normalized spacial score (nSPS) is 10.9. The van der Waals surface area contributed by atoms with E-state index in [-0.39, 0.29) is 11.5 Å². The summed E-state index contributed by atoms with van der Waals surface area (Å²) in [5.74, 6) is 0.397. The van der Waals surface area contributed by atoms with Crippen LogP contribution in [0.1, 0.15) is 11.1 Å². The summed E-state index contributed by atoms with van der Waals surface area (Å²) in [6, 6.07) is 9.89. The second kappa shape index (κ2) is 4.79. The highest BCUT2D eigenvalue weighted by Crippen LogP contribution is 2.21. The molecule has 2 aromatic rings. The summed E-state index contributed by atoms with van der Waals surface area (Å²) in [4.78, 5) is 3.06. The molecule has 0 unspecified atom stereocenters. The van der Waals surface area contributed by atoms with Gasteiger partial charge in [-0.25, -0.2) is 4.99 Å². The summed E-state index contributed by atoms with van der Waals surface area (Å²) in [6.45, 7) is 1.84. The highest BCUT2D eigenvalue weighted by Gasteiger charge is 2.05. The minimum absolute atomic E-state index is 0.181. The van der Waals surface area contributed by atoms with Gasteiger partial charge in [0.05, 0.1) is 5.56 Å². The van der Waals surface area contributed by atoms with Crippen molar-refractivity contribution in [2.24, 2.45) is 0 Å². The molecule has 0 amide bonds. The Morgan fingerprint density at radius 1 is 1.06 bits per heavy atom. The Morgan fingerprint density at radius 2 is 1.72 bits per heavy atom. The zero-order valence-electron chi connectivity index (χ0n) is 10.0. The highest BCUT2D eigenvalue weighted by atomic mass is 16.3. The molecule has 92 valence electrons. The third-order valence-corrected chi connectivity index (χ3v) is 2.67. The molecule has 0 radical (unpaired) electrons. The van der Waals surface area contributed by atoms with Crippen molar-refractivity contribution in [3.8, 4) is 11.5 Å². The van der Waals surface area contributed by atoms with Crippen LogP contribution in [-0.2, 0) is 0 Å². The smallest absolute Gasteiger partial charge is 0.203 e. The van der Waals surface area contributed by atoms with Crippen molar-refractivity contribution < 1.29 is 15.2 Å². The van der Waals surface area contributed by atoms with Crippen molar-refractivity contribution in [1.29, 1.82) is 0 Å². The maximum Gasteiger partial charge on any atom is 0.203 e. The van der Waals surface area contributed by atoms with E-state index in [9.17, 15) is 5.11 Å². The number of nitrogen functional groups attached to an aromatic ring is 1. The van der Waals surface area contributed by atoms with E-state index in [1.54, 1.807) is 42.6 Å². The number of nitrogens with one attached hydrogen (secondary N) is 1. The molecule has 0 fully saturated rings. The van der Waals surface area contributed by atoms with Gasteiger partial charge in [0.25, 0.3) is 0 Å². The Morgan fingerprint density at radius 3 is 2.39 bits per heavy atom. The Bertz CT molecular complexity index is 589. The standard InChI is InChI=1S/C14H14N2O2/c1-9-6-13(18)7-10(14(9)15)8-16-11-2-4-12(17)5-3-11/h2-8,17-18H,15H2,1H3/p+1. The van der Waals surface area contributed by atoms with Gasteiger partial charge in [0.2, 0.25) is 5.69 Å². The molecule has 0 saturated carbocycles. The first-order chi connectivity index (χ1) is 8.56. The van der Waals surface area contributed by atoms with E-state index in [4.69, 9.17) is 10.8 Å². The number of benzene rings is 2. The molecule has 4 nitrogen and oxygen atoms in total. The SMILES string of the molecule is Cc1cc(O)cc(C=[NH+]c2ccc(O)cc2)c1N. The van der Waals surface area contributed by atoms with Crippen molar-refractivity contribution in [1.82, 2.24) is 0 Å². The fourth-order valence-corrected chi connectivity index (χ4v) is 1.64. The Balaban J connectivity index is 2.31. The molecule has 2 rings (SSSR count). The molecule has 18 heavy (non-hydrogen) atoms. The molecule has 4 heteroatoms. The first-order valence-corrected chi connectivity index (χ1v) is 5.54. The van der Waals surface area contributed by atoms with Gasteiger partial charge in [-0.15, -0.1) is 0 Å². The number of aryl methyl sites for hydroxylation is 1. The lowest BCUT2D eigenvalue weighted by atomic mass is 10.1. The zero-order valence-corrected chi connectivity index (χ0v) is 10.0. The molecule has 0 bridgehead atoms. The van der Waals surface area contributed by atoms with Crippen LogP contribution in [0, 0.1) is 6.92 Å². The van der Waals surface area contributed by atoms with Crippen molar-refractivity contribution in [2.75, 3.05) is 5.73 Å². The quantitative estimate of drug-likeness (QED) is 0.358. The number of rotatable bonds is 2. The van der Waals surface area contributed by atoms with Crippen molar-refractivity contribution in [3.05, 3.63) is 47.5 Å². The molecule has 0 aliphatic rings. The fourth-order valence-electron chi connectivity index (χ4n) is 1.64. The third-order valence-electron chi connectivity index (χ3n) is 2.67. The van der Waals surface area contributed by atoms with Gasteiger partial charge in [-0.3, -0.25) is 0 Å². The van der Waals surface area contributed by atoms with Gasteiger partial charge in [-0.05, 0) is 36.8 Å². The van der Waals surface area contributed by atoms with Gasteiger partial charge < -0.3 is 15.9 Å². The Hall–Kier alpha value is -2.49. The third kappa shape index (κ3) is 2.60. The molecule has 5 N–H and O–H groups in total. The first kappa shape index (κ1) is 12.0. The molecular formula is C14H15N2O2+. The van der Waals surface area contributed by atoms with E-state index >= 15 is 0 Å². The van der Waals surface area contributed by atoms with Crippen LogP contribution in [0.5, 0.6) is 11.5 Å². The summed E-state index contributed by atoms with van der Waals surface area (Å²) in [5, 5.41) is 18.7. The van der Waals surface area contributed by atoms with Crippen LogP contribution in [0.2, 0.25) is 0 Å². The largest absolute Gasteiger partial charge is 0.508 e. The zero-order chi connectivity index (χ0) is 13.1. The van der Waals surface area contributed by atoms with Gasteiger partial charge >= 0.3 is 0 Å². The lowest BCUT2D eigenvalue weighted by molar-refractivity contribution is -0.346. The summed E-state index contributed by atoms with van der Waals surface area (Å²) < 4.78 is 0. The monoisotopic (exact) mass is 243 g/mol. The molecule has 0 aliphatic carbocycles. The van der Waals surface area contributed by atoms with Crippen molar-refractivity contribution in [2.45, 2.75) is 6.92 Å². The molecule has 0 aliphatic heterocycles. The number of hydrogen-bond donors (Lipinski definition) is 4. The number of nitrogens with two attached hydrogens (primary N) is 1. The van der Waals surface area contributed by atoms with Gasteiger partial charge in [-0.2, -0.15) is 0 Å². The van der Waals surface area contributed by atoms with E-state index in [1.165, 1.54) is 0 Å². The number of phenolic OH excluding ortho intramolecular Hbond substituents is 2. The number of phenols is 2. The fraction of sp³-hybridized carbons (Fsp3) is 0.0714. The summed E-state index contributed by atoms with van der Waals surface area (Å²) in [6.07, 6.45) is 1.72. The minimum Gasteiger partial charge on any atom is -0.508 e. The highest BCUT2D eigenvalue weighted by molar-refractivity contribution is 5.85. The summed E-state index contributed by atoms with van der Waals surface area (Å²) >= 11 is 0. The molecule has 0 aromatic heterocycles. The molecular weight excluding hydrogens is 228 g/mol. The predicted molar refractivity (Wildman–Crippen MR) is 71.2 cm³/mol. The second-order valence-electron chi connectivity index (χ2n) is 4.10. The van der Waals surface area contributed by atoms with Crippen molar-refractivity contribution in [3.63, 3.8) is 0 Å². The van der Waals surface area contributed by atoms with Crippen LogP contribution in [-0.4, -0.2) is 16.4 Å². The molecule has 0 spiro atoms. The van der Waals surface area contributed by atoms with Crippen LogP contribution >= 0.6 is 0 Å². The average Bonchev–Trinajstić information content (AvgIpc) is 2.34. The Labute approximate surface area is 105 Å². The van der Waals surface area contributed by atoms with Crippen LogP contribution in [0.4, 0.5) is 11.4 Å². The van der Waals surface area contributed by atoms with E-state index in [0.717, 1.165) is 16.8 Å². The summed E-state index contributed by atoms with van der Waals surface area (Å²) in [5.41, 5.74) is 8.92. The molecule has 0 saturated heterocycles. The average molecular weight is 243 g/mol. The first-order valence-electron chi connectivity index (χ1n) is 5.54.